The molecule has 1 N–H and O–H groups in total. The fourth-order valence-electron chi connectivity index (χ4n) is 7.19. The highest BCUT2D eigenvalue weighted by molar-refractivity contribution is 6.03. The van der Waals surface area contributed by atoms with Crippen LogP contribution in [-0.4, -0.2) is 68.0 Å². The largest absolute Gasteiger partial charge is 0.444 e. The van der Waals surface area contributed by atoms with Crippen molar-refractivity contribution in [2.45, 2.75) is 96.9 Å². The lowest BCUT2D eigenvalue weighted by Gasteiger charge is -2.28. The van der Waals surface area contributed by atoms with Crippen LogP contribution in [-0.2, 0) is 9.47 Å². The van der Waals surface area contributed by atoms with Crippen LogP contribution >= 0.6 is 0 Å². The maximum atomic E-state index is 12.8. The summed E-state index contributed by atoms with van der Waals surface area (Å²) in [6, 6.07) is 21.5. The van der Waals surface area contributed by atoms with E-state index in [1.165, 1.54) is 5.57 Å². The van der Waals surface area contributed by atoms with Crippen molar-refractivity contribution in [3.8, 4) is 22.4 Å². The second-order valence-electron chi connectivity index (χ2n) is 15.7. The number of aromatic nitrogens is 2. The molecule has 2 saturated heterocycles. The number of ether oxygens (including phenoxy) is 2. The second-order valence-corrected chi connectivity index (χ2v) is 15.7. The lowest BCUT2D eigenvalue weighted by atomic mass is 9.95. The van der Waals surface area contributed by atoms with E-state index >= 15 is 0 Å². The summed E-state index contributed by atoms with van der Waals surface area (Å²) < 4.78 is 11.3. The molecule has 3 aliphatic heterocycles. The predicted molar refractivity (Wildman–Crippen MR) is 198 cm³/mol. The zero-order chi connectivity index (χ0) is 35.2. The van der Waals surface area contributed by atoms with Crippen molar-refractivity contribution in [3.05, 3.63) is 84.4 Å². The molecule has 0 bridgehead atoms. The van der Waals surface area contributed by atoms with Crippen molar-refractivity contribution >= 4 is 34.2 Å². The minimum atomic E-state index is -0.537. The second kappa shape index (κ2) is 13.1. The van der Waals surface area contributed by atoms with E-state index in [-0.39, 0.29) is 24.3 Å². The Morgan fingerprint density at radius 3 is 1.90 bits per heavy atom. The maximum absolute atomic E-state index is 12.8. The number of nitrogens with one attached hydrogen (secondary N) is 1. The van der Waals surface area contributed by atoms with E-state index in [0.717, 1.165) is 82.4 Å². The molecule has 4 aromatic rings. The highest BCUT2D eigenvalue weighted by Crippen LogP contribution is 2.35. The average Bonchev–Trinajstić information content (AvgIpc) is 3.88. The smallest absolute Gasteiger partial charge is 0.410 e. The number of H-pyrrole nitrogens is 1. The first-order valence-corrected chi connectivity index (χ1v) is 17.8. The lowest BCUT2D eigenvalue weighted by molar-refractivity contribution is 0.0216. The molecule has 3 aliphatic rings. The van der Waals surface area contributed by atoms with Crippen LogP contribution in [0.25, 0.3) is 38.7 Å². The molecule has 0 radical (unpaired) electrons. The van der Waals surface area contributed by atoms with Gasteiger partial charge in [0.25, 0.3) is 0 Å². The Hall–Kier alpha value is -4.92. The van der Waals surface area contributed by atoms with Crippen LogP contribution < -0.4 is 0 Å². The van der Waals surface area contributed by atoms with Gasteiger partial charge in [-0.1, -0.05) is 48.5 Å². The molecule has 2 fully saturated rings. The number of benzene rings is 3. The zero-order valence-electron chi connectivity index (χ0n) is 30.0. The van der Waals surface area contributed by atoms with Gasteiger partial charge in [0.1, 0.15) is 17.0 Å². The van der Waals surface area contributed by atoms with E-state index in [2.05, 4.69) is 70.6 Å². The molecule has 50 heavy (non-hydrogen) atoms. The van der Waals surface area contributed by atoms with Crippen LogP contribution in [0.2, 0.25) is 0 Å². The van der Waals surface area contributed by atoms with Crippen molar-refractivity contribution in [2.75, 3.05) is 13.1 Å². The summed E-state index contributed by atoms with van der Waals surface area (Å²) in [4.78, 5) is 42.2. The molecule has 2 atom stereocenters. The highest BCUT2D eigenvalue weighted by atomic mass is 16.6. The summed E-state index contributed by atoms with van der Waals surface area (Å²) in [6.07, 6.45) is 7.66. The number of hydrogen-bond acceptors (Lipinski definition) is 6. The summed E-state index contributed by atoms with van der Waals surface area (Å²) in [5, 5.41) is 2.30. The Balaban J connectivity index is 1.01. The number of aromatic amines is 1. The van der Waals surface area contributed by atoms with Gasteiger partial charge in [-0.15, -0.1) is 0 Å². The van der Waals surface area contributed by atoms with Gasteiger partial charge in [-0.2, -0.15) is 0 Å². The summed E-state index contributed by atoms with van der Waals surface area (Å²) in [5.74, 6) is 0.791. The molecule has 260 valence electrons. The van der Waals surface area contributed by atoms with Gasteiger partial charge < -0.3 is 14.5 Å². The van der Waals surface area contributed by atoms with Gasteiger partial charge in [0.15, 0.2) is 0 Å². The minimum absolute atomic E-state index is 0.00636. The SMILES string of the molecule is CC(C)(C)OC(=O)N1CCC[C@H]1C1=NC=C(c2ccc(-c3ccc4cc(-c5cnc([C@@H]6CCCN6C(=O)OC(C)(C)C)[nH]5)ccc4c3)cc2)C1. The van der Waals surface area contributed by atoms with Crippen molar-refractivity contribution in [2.24, 2.45) is 4.99 Å². The zero-order valence-corrected chi connectivity index (χ0v) is 30.0. The number of carbonyl (C=O) groups excluding carboxylic acids is 2. The fraction of sp³-hybridized carbons (Fsp3) is 0.415. The van der Waals surface area contributed by atoms with Crippen molar-refractivity contribution in [1.29, 1.82) is 0 Å². The Kier molecular flexibility index (Phi) is 8.78. The number of rotatable bonds is 5. The van der Waals surface area contributed by atoms with E-state index < -0.39 is 11.2 Å². The van der Waals surface area contributed by atoms with Crippen LogP contribution in [0, 0.1) is 0 Å². The molecule has 0 aliphatic carbocycles. The van der Waals surface area contributed by atoms with E-state index in [1.807, 2.05) is 58.8 Å². The highest BCUT2D eigenvalue weighted by Gasteiger charge is 2.37. The Morgan fingerprint density at radius 1 is 0.720 bits per heavy atom. The number of allylic oxidation sites excluding steroid dienone is 1. The quantitative estimate of drug-likeness (QED) is 0.227. The molecule has 1 aromatic heterocycles. The molecule has 4 heterocycles. The molecule has 9 heteroatoms. The van der Waals surface area contributed by atoms with Crippen LogP contribution in [0.4, 0.5) is 9.59 Å². The van der Waals surface area contributed by atoms with Crippen molar-refractivity contribution in [1.82, 2.24) is 19.8 Å². The van der Waals surface area contributed by atoms with Gasteiger partial charge in [0.2, 0.25) is 0 Å². The Bertz CT molecular complexity index is 1980. The third-order valence-corrected chi connectivity index (χ3v) is 9.56. The normalized spacial score (nSPS) is 19.6. The summed E-state index contributed by atoms with van der Waals surface area (Å²) in [6.45, 7) is 12.7. The Morgan fingerprint density at radius 2 is 1.26 bits per heavy atom. The summed E-state index contributed by atoms with van der Waals surface area (Å²) in [7, 11) is 0. The number of carbonyl (C=O) groups is 2. The standard InChI is InChI=1S/C41H47N5O4/c1-40(2,3)49-38(47)45-19-7-9-35(45)33-23-32(24-42-33)27-13-11-26(12-14-27)28-15-16-30-22-31(18-17-29(30)21-28)34-25-43-37(44-34)36-10-8-20-46(36)39(48)50-41(4,5)6/h11-18,21-22,24-25,35-36H,7-10,19-20,23H2,1-6H3,(H,43,44)/t35-,36-/m0/s1. The van der Waals surface area contributed by atoms with E-state index in [9.17, 15) is 9.59 Å². The number of fused-ring (bicyclic) bond motifs is 1. The first kappa shape index (κ1) is 33.6. The molecule has 2 amide bonds. The van der Waals surface area contributed by atoms with E-state index in [1.54, 1.807) is 4.90 Å². The minimum Gasteiger partial charge on any atom is -0.444 e. The average molecular weight is 674 g/mol. The number of imidazole rings is 1. The fourth-order valence-corrected chi connectivity index (χ4v) is 7.19. The van der Waals surface area contributed by atoms with E-state index in [0.29, 0.717) is 13.1 Å². The molecule has 9 nitrogen and oxygen atoms in total. The number of nitrogens with zero attached hydrogens (tertiary/aromatic N) is 4. The number of aliphatic imine (C=N–C) groups is 1. The molecular weight excluding hydrogens is 626 g/mol. The molecule has 0 saturated carbocycles. The number of hydrogen-bond donors (Lipinski definition) is 1. The van der Waals surface area contributed by atoms with Crippen molar-refractivity contribution in [3.63, 3.8) is 0 Å². The van der Waals surface area contributed by atoms with Gasteiger partial charge in [0.05, 0.1) is 24.0 Å². The van der Waals surface area contributed by atoms with Gasteiger partial charge in [-0.25, -0.2) is 14.6 Å². The summed E-state index contributed by atoms with van der Waals surface area (Å²) >= 11 is 0. The van der Waals surface area contributed by atoms with Crippen LogP contribution in [0.15, 0.2) is 78.1 Å². The molecule has 7 rings (SSSR count). The number of amides is 2. The molecule has 0 unspecified atom stereocenters. The third-order valence-electron chi connectivity index (χ3n) is 9.56. The monoisotopic (exact) mass is 673 g/mol. The van der Waals surface area contributed by atoms with Gasteiger partial charge in [0, 0.05) is 37.0 Å². The van der Waals surface area contributed by atoms with Crippen molar-refractivity contribution < 1.29 is 19.1 Å². The first-order chi connectivity index (χ1) is 23.8. The maximum Gasteiger partial charge on any atom is 0.410 e. The lowest BCUT2D eigenvalue weighted by Crippen LogP contribution is -2.43. The summed E-state index contributed by atoms with van der Waals surface area (Å²) in [5.41, 5.74) is 6.57. The van der Waals surface area contributed by atoms with Gasteiger partial charge >= 0.3 is 12.2 Å². The van der Waals surface area contributed by atoms with Gasteiger partial charge in [-0.05, 0) is 112 Å². The Labute approximate surface area is 294 Å². The molecular formula is C41H47N5O4. The topological polar surface area (TPSA) is 100 Å². The van der Waals surface area contributed by atoms with Crippen LogP contribution in [0.1, 0.15) is 91.1 Å². The third kappa shape index (κ3) is 7.18. The van der Waals surface area contributed by atoms with Gasteiger partial charge in [-0.3, -0.25) is 14.8 Å². The van der Waals surface area contributed by atoms with Crippen LogP contribution in [0.3, 0.4) is 0 Å². The molecule has 0 spiro atoms. The van der Waals surface area contributed by atoms with E-state index in [4.69, 9.17) is 14.5 Å². The van der Waals surface area contributed by atoms with Crippen LogP contribution in [0.5, 0.6) is 0 Å². The molecule has 3 aromatic carbocycles. The number of likely N-dealkylation sites (tertiary alicyclic amines) is 2. The predicted octanol–water partition coefficient (Wildman–Crippen LogP) is 9.55. The first-order valence-electron chi connectivity index (χ1n) is 17.8.